The van der Waals surface area contributed by atoms with E-state index in [1.54, 1.807) is 13.8 Å². The molecule has 5 heteroatoms. The van der Waals surface area contributed by atoms with Gasteiger partial charge in [0.05, 0.1) is 24.9 Å². The lowest BCUT2D eigenvalue weighted by Gasteiger charge is -2.06. The minimum atomic E-state index is -0.739. The third kappa shape index (κ3) is 4.10. The lowest BCUT2D eigenvalue weighted by Crippen LogP contribution is -2.06. The van der Waals surface area contributed by atoms with E-state index in [2.05, 4.69) is 5.80 Å². The molecule has 0 aliphatic rings. The number of hydrogen-bond acceptors (Lipinski definition) is 4. The van der Waals surface area contributed by atoms with Crippen molar-refractivity contribution in [3.05, 3.63) is 22.2 Å². The maximum absolute atomic E-state index is 12.0. The Bertz CT molecular complexity index is 462. The molecule has 1 rings (SSSR count). The average molecular weight is 284 g/mol. The van der Waals surface area contributed by atoms with E-state index in [0.717, 1.165) is 16.4 Å². The van der Waals surface area contributed by atoms with Gasteiger partial charge in [0.1, 0.15) is 0 Å². The van der Waals surface area contributed by atoms with E-state index in [0.29, 0.717) is 25.8 Å². The summed E-state index contributed by atoms with van der Waals surface area (Å²) in [7, 11) is -0.739. The van der Waals surface area contributed by atoms with Crippen LogP contribution in [0, 0.1) is 13.8 Å². The number of hydrogen-bond donors (Lipinski definition) is 0. The Balaban J connectivity index is 2.85. The van der Waals surface area contributed by atoms with Crippen molar-refractivity contribution in [1.29, 1.82) is 0 Å². The van der Waals surface area contributed by atoms with Crippen LogP contribution in [0.2, 0.25) is 0 Å². The predicted molar refractivity (Wildman–Crippen MR) is 75.8 cm³/mol. The minimum Gasteiger partial charge on any atom is -0.466 e. The van der Waals surface area contributed by atoms with Gasteiger partial charge in [-0.2, -0.15) is 0 Å². The normalized spacial score (nSPS) is 11.3. The lowest BCUT2D eigenvalue weighted by atomic mass is 10.2. The molecule has 0 N–H and O–H groups in total. The van der Waals surface area contributed by atoms with Gasteiger partial charge < -0.3 is 9.47 Å². The summed E-state index contributed by atoms with van der Waals surface area (Å²) in [5.74, 6) is 1.64. The van der Waals surface area contributed by atoms with E-state index in [4.69, 9.17) is 9.47 Å². The molecule has 0 aliphatic carbocycles. The van der Waals surface area contributed by atoms with E-state index in [1.165, 1.54) is 0 Å². The molecule has 1 unspecified atom stereocenters. The molecular weight excluding hydrogens is 263 g/mol. The Morgan fingerprint density at radius 1 is 1.16 bits per heavy atom. The summed E-state index contributed by atoms with van der Waals surface area (Å²) in [6, 6.07) is 0. The van der Waals surface area contributed by atoms with Crippen molar-refractivity contribution in [2.24, 2.45) is 0 Å². The van der Waals surface area contributed by atoms with E-state index >= 15 is 0 Å². The van der Waals surface area contributed by atoms with Crippen molar-refractivity contribution < 1.29 is 19.1 Å². The maximum Gasteiger partial charge on any atom is 0.342 e. The molecule has 0 bridgehead atoms. The van der Waals surface area contributed by atoms with Gasteiger partial charge in [-0.3, -0.25) is 4.79 Å². The molecule has 0 spiro atoms. The second-order valence-electron chi connectivity index (χ2n) is 4.25. The number of esters is 2. The highest BCUT2D eigenvalue weighted by Crippen LogP contribution is 2.41. The highest BCUT2D eigenvalue weighted by atomic mass is 31.1. The molecule has 1 aromatic heterocycles. The minimum absolute atomic E-state index is 0.205. The summed E-state index contributed by atoms with van der Waals surface area (Å²) in [6.45, 7) is 8.27. The quantitative estimate of drug-likeness (QED) is 0.751. The molecule has 1 atom stereocenters. The highest BCUT2D eigenvalue weighted by Gasteiger charge is 2.19. The Morgan fingerprint density at radius 2 is 1.79 bits per heavy atom. The second-order valence-corrected chi connectivity index (χ2v) is 6.35. The summed E-state index contributed by atoms with van der Waals surface area (Å²) in [4.78, 5) is 23.4. The number of ether oxygens (including phenoxy) is 2. The summed E-state index contributed by atoms with van der Waals surface area (Å²) >= 11 is 0. The Labute approximate surface area is 115 Å². The first kappa shape index (κ1) is 15.8. The van der Waals surface area contributed by atoms with Crippen LogP contribution in [0.25, 0.3) is 0 Å². The van der Waals surface area contributed by atoms with Crippen molar-refractivity contribution in [2.45, 2.75) is 40.3 Å². The number of aryl methyl sites for hydroxylation is 2. The molecule has 1 aromatic rings. The number of rotatable bonds is 6. The second kappa shape index (κ2) is 7.34. The van der Waals surface area contributed by atoms with Gasteiger partial charge in [-0.1, -0.05) is 0 Å². The van der Waals surface area contributed by atoms with Gasteiger partial charge in [0.25, 0.3) is 0 Å². The van der Waals surface area contributed by atoms with Crippen LogP contribution in [-0.2, 0) is 20.4 Å². The number of carbonyl (C=O) groups is 2. The molecule has 19 heavy (non-hydrogen) atoms. The lowest BCUT2D eigenvalue weighted by molar-refractivity contribution is -0.142. The largest absolute Gasteiger partial charge is 0.466 e. The van der Waals surface area contributed by atoms with Crippen LogP contribution >= 0.6 is 7.53 Å². The SMILES string of the molecule is CCOC(=O)CCp1cc(C)c(C)c1C(=O)OCC. The molecule has 0 saturated carbocycles. The third-order valence-electron chi connectivity index (χ3n) is 2.91. The van der Waals surface area contributed by atoms with Crippen LogP contribution < -0.4 is 0 Å². The molecule has 0 aromatic carbocycles. The Morgan fingerprint density at radius 3 is 2.37 bits per heavy atom. The van der Waals surface area contributed by atoms with Gasteiger partial charge in [0.15, 0.2) is 0 Å². The van der Waals surface area contributed by atoms with Crippen molar-refractivity contribution in [2.75, 3.05) is 13.2 Å². The smallest absolute Gasteiger partial charge is 0.342 e. The van der Waals surface area contributed by atoms with Crippen LogP contribution in [-0.4, -0.2) is 25.2 Å². The van der Waals surface area contributed by atoms with Gasteiger partial charge in [-0.25, -0.2) is 4.79 Å². The van der Waals surface area contributed by atoms with Gasteiger partial charge in [-0.05, 0) is 50.8 Å². The van der Waals surface area contributed by atoms with E-state index in [9.17, 15) is 9.59 Å². The monoisotopic (exact) mass is 284 g/mol. The molecule has 0 fully saturated rings. The van der Waals surface area contributed by atoms with Crippen LogP contribution in [0.5, 0.6) is 0 Å². The summed E-state index contributed by atoms with van der Waals surface area (Å²) in [6.07, 6.45) is 0.997. The maximum atomic E-state index is 12.0. The Kier molecular flexibility index (Phi) is 6.10. The van der Waals surface area contributed by atoms with Gasteiger partial charge >= 0.3 is 11.9 Å². The molecule has 0 amide bonds. The zero-order valence-electron chi connectivity index (χ0n) is 12.0. The van der Waals surface area contributed by atoms with Crippen molar-refractivity contribution in [3.63, 3.8) is 0 Å². The van der Waals surface area contributed by atoms with Crippen molar-refractivity contribution in [1.82, 2.24) is 0 Å². The molecule has 4 nitrogen and oxygen atoms in total. The molecular formula is C14H21O4P. The van der Waals surface area contributed by atoms with Crippen LogP contribution in [0.3, 0.4) is 0 Å². The van der Waals surface area contributed by atoms with Crippen molar-refractivity contribution in [3.8, 4) is 0 Å². The first-order valence-electron chi connectivity index (χ1n) is 6.50. The Hall–Kier alpha value is -1.28. The molecule has 0 saturated heterocycles. The molecule has 106 valence electrons. The van der Waals surface area contributed by atoms with Crippen LogP contribution in [0.15, 0.2) is 5.80 Å². The zero-order valence-corrected chi connectivity index (χ0v) is 12.9. The fourth-order valence-electron chi connectivity index (χ4n) is 1.89. The van der Waals surface area contributed by atoms with Crippen molar-refractivity contribution >= 4 is 19.5 Å². The van der Waals surface area contributed by atoms with Crippen LogP contribution in [0.4, 0.5) is 0 Å². The molecule has 0 radical (unpaired) electrons. The first-order valence-corrected chi connectivity index (χ1v) is 8.09. The molecule has 0 aliphatic heterocycles. The van der Waals surface area contributed by atoms with Gasteiger partial charge in [0.2, 0.25) is 0 Å². The topological polar surface area (TPSA) is 52.6 Å². The summed E-state index contributed by atoms with van der Waals surface area (Å²) in [5.41, 5.74) is 2.10. The molecule has 1 heterocycles. The van der Waals surface area contributed by atoms with Gasteiger partial charge in [0, 0.05) is 0 Å². The van der Waals surface area contributed by atoms with E-state index in [1.807, 2.05) is 13.8 Å². The van der Waals surface area contributed by atoms with E-state index in [-0.39, 0.29) is 11.9 Å². The first-order chi connectivity index (χ1) is 9.01. The van der Waals surface area contributed by atoms with Crippen LogP contribution in [0.1, 0.15) is 41.5 Å². The number of carbonyl (C=O) groups excluding carboxylic acids is 2. The predicted octanol–water partition coefficient (Wildman–Crippen LogP) is 3.42. The fourth-order valence-corrected chi connectivity index (χ4v) is 4.36. The summed E-state index contributed by atoms with van der Waals surface area (Å²) < 4.78 is 10.0. The standard InChI is InChI=1S/C14H21O4P/c1-5-17-12(15)7-8-19-9-10(3)11(4)13(19)14(16)18-6-2/h9H,5-8H2,1-4H3. The average Bonchev–Trinajstić information content (AvgIpc) is 2.63. The fraction of sp³-hybridized carbons (Fsp3) is 0.571. The zero-order chi connectivity index (χ0) is 14.4. The van der Waals surface area contributed by atoms with Gasteiger partial charge in [-0.15, -0.1) is 7.53 Å². The summed E-state index contributed by atoms with van der Waals surface area (Å²) in [5, 5.41) is 0.749. The van der Waals surface area contributed by atoms with E-state index < -0.39 is 7.53 Å². The third-order valence-corrected chi connectivity index (χ3v) is 5.41. The highest BCUT2D eigenvalue weighted by molar-refractivity contribution is 7.50.